The van der Waals surface area contributed by atoms with Gasteiger partial charge >= 0.3 is 64.2 Å². The maximum absolute atomic E-state index is 4.78. The Bertz CT molecular complexity index is 274. The fourth-order valence-electron chi connectivity index (χ4n) is 1.24. The Morgan fingerprint density at radius 3 is 1.16 bits per heavy atom. The number of rotatable bonds is 12. The van der Waals surface area contributed by atoms with Crippen molar-refractivity contribution < 1.29 is 12.9 Å². The second-order valence-corrected chi connectivity index (χ2v) is 11.2. The number of hydrogen-bond donors (Lipinski definition) is 7. The molecule has 25 heavy (non-hydrogen) atoms. The molecule has 0 radical (unpaired) electrons. The second-order valence-electron chi connectivity index (χ2n) is 4.26. The van der Waals surface area contributed by atoms with Gasteiger partial charge in [0.25, 0.3) is 0 Å². The summed E-state index contributed by atoms with van der Waals surface area (Å²) in [6.07, 6.45) is 0. The summed E-state index contributed by atoms with van der Waals surface area (Å²) in [4.78, 5) is 4.59. The molecule has 0 atom stereocenters. The van der Waals surface area contributed by atoms with E-state index < -0.39 is 0 Å². The molecule has 0 spiro atoms. The third-order valence-electron chi connectivity index (χ3n) is 2.11. The van der Waals surface area contributed by atoms with Crippen molar-refractivity contribution in [1.82, 2.24) is 26.6 Å². The van der Waals surface area contributed by atoms with Crippen molar-refractivity contribution in [3.63, 3.8) is 0 Å². The summed E-state index contributed by atoms with van der Waals surface area (Å²) >= 11 is 18.1. The van der Waals surface area contributed by atoms with E-state index in [2.05, 4.69) is 61.7 Å². The van der Waals surface area contributed by atoms with E-state index in [9.17, 15) is 0 Å². The predicted molar refractivity (Wildman–Crippen MR) is 127 cm³/mol. The maximum atomic E-state index is 4.78. The van der Waals surface area contributed by atoms with Crippen LogP contribution >= 0.6 is 70.0 Å². The molecule has 0 aromatic carbocycles. The SMILES string of the molecule is S=C(S)NCCNCCNCCNCCNC(=S)S.[CH3][Sn+2][CH3].[Cl][Co][Cl]. The standard InChI is InChI=1S/C10H23N5S4.2CH3.2ClH.Co.Sn/c16-9(17)14-7-5-12-3-1-11-2-4-13-6-8-15-10(18)19;;;;;;/h11-13H,1-8H2,(H2,14,16,17)(H2,15,18,19);2*1H3;2*1H;;/q;;;;;2*+2/p-2. The first kappa shape index (κ1) is 31.9. The fraction of sp³-hybridized carbons (Fsp3) is 0.833. The van der Waals surface area contributed by atoms with E-state index in [1.54, 1.807) is 0 Å². The molecule has 0 heterocycles. The van der Waals surface area contributed by atoms with Gasteiger partial charge in [0.15, 0.2) is 0 Å². The summed E-state index contributed by atoms with van der Waals surface area (Å²) < 4.78 is 1.08. The molecule has 0 aromatic rings. The zero-order valence-electron chi connectivity index (χ0n) is 14.5. The van der Waals surface area contributed by atoms with Crippen LogP contribution in [0.25, 0.3) is 0 Å². The van der Waals surface area contributed by atoms with E-state index in [4.69, 9.17) is 44.7 Å². The fourth-order valence-corrected chi connectivity index (χ4v) is 1.67. The molecule has 0 aliphatic rings. The second kappa shape index (κ2) is 31.0. The Kier molecular flexibility index (Phi) is 39.5. The van der Waals surface area contributed by atoms with Crippen LogP contribution in [0.4, 0.5) is 0 Å². The van der Waals surface area contributed by atoms with Crippen molar-refractivity contribution in [2.24, 2.45) is 0 Å². The number of thiol groups is 2. The van der Waals surface area contributed by atoms with Crippen molar-refractivity contribution >= 4 is 99.8 Å². The Morgan fingerprint density at radius 2 is 0.960 bits per heavy atom. The van der Waals surface area contributed by atoms with Gasteiger partial charge in [-0.1, -0.05) is 24.4 Å². The van der Waals surface area contributed by atoms with Crippen molar-refractivity contribution in [1.29, 1.82) is 0 Å². The zero-order chi connectivity index (χ0) is 19.8. The molecule has 0 bridgehead atoms. The molecule has 0 aliphatic carbocycles. The van der Waals surface area contributed by atoms with Crippen molar-refractivity contribution in [2.75, 3.05) is 52.4 Å². The van der Waals surface area contributed by atoms with Gasteiger partial charge in [-0.3, -0.25) is 0 Å². The molecule has 13 heteroatoms. The third-order valence-corrected chi connectivity index (χ3v) is 2.72. The van der Waals surface area contributed by atoms with Crippen LogP contribution in [0.3, 0.4) is 0 Å². The first-order valence-electron chi connectivity index (χ1n) is 7.44. The van der Waals surface area contributed by atoms with Gasteiger partial charge < -0.3 is 26.6 Å². The van der Waals surface area contributed by atoms with Crippen LogP contribution in [0.2, 0.25) is 9.88 Å². The van der Waals surface area contributed by atoms with E-state index in [0.29, 0.717) is 21.5 Å². The molecule has 0 aromatic heterocycles. The first-order chi connectivity index (χ1) is 12.0. The van der Waals surface area contributed by atoms with Gasteiger partial charge in [-0.15, -0.1) is 25.3 Å². The summed E-state index contributed by atoms with van der Waals surface area (Å²) in [6, 6.07) is 0. The predicted octanol–water partition coefficient (Wildman–Crippen LogP) is 1.53. The van der Waals surface area contributed by atoms with E-state index in [-0.39, 0.29) is 21.1 Å². The molecule has 151 valence electrons. The van der Waals surface area contributed by atoms with Crippen LogP contribution in [-0.2, 0) is 12.9 Å². The quantitative estimate of drug-likeness (QED) is 0.0775. The summed E-state index contributed by atoms with van der Waals surface area (Å²) in [5, 5.41) is 15.9. The van der Waals surface area contributed by atoms with Crippen molar-refractivity contribution in [3.05, 3.63) is 0 Å². The number of nitrogens with one attached hydrogen (secondary N) is 5. The molecule has 5 nitrogen and oxygen atoms in total. The van der Waals surface area contributed by atoms with Crippen LogP contribution in [0.15, 0.2) is 0 Å². The third kappa shape index (κ3) is 46.3. The molecule has 0 saturated heterocycles. The Labute approximate surface area is 199 Å². The van der Waals surface area contributed by atoms with Gasteiger partial charge in [0.2, 0.25) is 0 Å². The van der Waals surface area contributed by atoms with Gasteiger partial charge in [-0.25, -0.2) is 0 Å². The minimum atomic E-state index is 0.230. The molecular formula is C12H29Cl2CoN5S4Sn+2. The van der Waals surface area contributed by atoms with Gasteiger partial charge in [0.1, 0.15) is 8.64 Å². The van der Waals surface area contributed by atoms with E-state index in [0.717, 1.165) is 52.4 Å². The molecule has 0 fully saturated rings. The Hall–Kier alpha value is 2.25. The number of thiocarbonyl (C=S) groups is 2. The number of halogens is 2. The Balaban J connectivity index is -0.000000700. The van der Waals surface area contributed by atoms with Gasteiger partial charge in [0, 0.05) is 52.4 Å². The summed E-state index contributed by atoms with van der Waals surface area (Å²) in [7, 11) is 9.47. The van der Waals surface area contributed by atoms with E-state index in [1.165, 1.54) is 0 Å². The monoisotopic (exact) mass is 620 g/mol. The Morgan fingerprint density at radius 1 is 0.760 bits per heavy atom. The molecule has 0 saturated carbocycles. The van der Waals surface area contributed by atoms with Crippen molar-refractivity contribution in [2.45, 2.75) is 9.88 Å². The minimum absolute atomic E-state index is 0.230. The zero-order valence-corrected chi connectivity index (χ0v) is 23.3. The molecule has 0 unspecified atom stereocenters. The van der Waals surface area contributed by atoms with Crippen LogP contribution in [0, 0.1) is 0 Å². The van der Waals surface area contributed by atoms with Crippen molar-refractivity contribution in [3.8, 4) is 0 Å². The average molecular weight is 620 g/mol. The van der Waals surface area contributed by atoms with E-state index >= 15 is 0 Å². The first-order valence-corrected chi connectivity index (χ1v) is 17.7. The van der Waals surface area contributed by atoms with Gasteiger partial charge in [0.05, 0.1) is 0 Å². The van der Waals surface area contributed by atoms with Crippen LogP contribution in [0.1, 0.15) is 0 Å². The van der Waals surface area contributed by atoms with E-state index in [1.807, 2.05) is 0 Å². The molecule has 0 aliphatic heterocycles. The van der Waals surface area contributed by atoms with Gasteiger partial charge in [-0.05, 0) is 0 Å². The normalized spacial score (nSPS) is 9.04. The summed E-state index contributed by atoms with van der Waals surface area (Å²) in [6.45, 7) is 7.17. The summed E-state index contributed by atoms with van der Waals surface area (Å²) in [5.41, 5.74) is 0. The van der Waals surface area contributed by atoms with Crippen LogP contribution < -0.4 is 26.6 Å². The molecule has 0 amide bonds. The molecule has 0 rings (SSSR count). The number of hydrogen-bond acceptors (Lipinski definition) is 5. The molecule has 5 N–H and O–H groups in total. The topological polar surface area (TPSA) is 60.1 Å². The average Bonchev–Trinajstić information content (AvgIpc) is 2.53. The molecular weight excluding hydrogens is 591 g/mol. The van der Waals surface area contributed by atoms with Crippen LogP contribution in [-0.4, -0.2) is 82.1 Å². The van der Waals surface area contributed by atoms with Crippen LogP contribution in [0.5, 0.6) is 0 Å². The van der Waals surface area contributed by atoms with Gasteiger partial charge in [-0.2, -0.15) is 0 Å². The summed E-state index contributed by atoms with van der Waals surface area (Å²) in [5.74, 6) is 0.